The van der Waals surface area contributed by atoms with Crippen molar-refractivity contribution in [3.63, 3.8) is 0 Å². The van der Waals surface area contributed by atoms with Crippen molar-refractivity contribution in [1.29, 1.82) is 0 Å². The fourth-order valence-corrected chi connectivity index (χ4v) is 5.54. The van der Waals surface area contributed by atoms with Gasteiger partial charge in [-0.05, 0) is 71.3 Å². The van der Waals surface area contributed by atoms with Crippen LogP contribution in [-0.2, 0) is 10.2 Å². The standard InChI is InChI=1S/C23H34N4OS/c1-14(2)16-7-8-18-17(11-16)19(26-27-21(24)29)12-20-22(4,13-25-15(3)28)9-6-10-23(18,20)5/h7-8,11,14,20H,6,9-10,12-13H2,1-5H3,(H,25,28)(H3,24,27,29)/b26-19-/t20-,22-,23+/m0/s1. The minimum atomic E-state index is 0.0110. The summed E-state index contributed by atoms with van der Waals surface area (Å²) in [7, 11) is 0. The van der Waals surface area contributed by atoms with Crippen LogP contribution in [0, 0.1) is 11.3 Å². The molecular formula is C23H34N4OS. The number of rotatable bonds is 4. The van der Waals surface area contributed by atoms with Gasteiger partial charge in [-0.1, -0.05) is 46.2 Å². The zero-order chi connectivity index (χ0) is 21.4. The third kappa shape index (κ3) is 4.18. The number of fused-ring (bicyclic) bond motifs is 3. The zero-order valence-electron chi connectivity index (χ0n) is 18.3. The largest absolute Gasteiger partial charge is 0.375 e. The van der Waals surface area contributed by atoms with Gasteiger partial charge in [0.15, 0.2) is 5.11 Å². The molecule has 1 aromatic rings. The Morgan fingerprint density at radius 3 is 2.69 bits per heavy atom. The van der Waals surface area contributed by atoms with Gasteiger partial charge in [0.05, 0.1) is 5.71 Å². The third-order valence-corrected chi connectivity index (χ3v) is 7.22. The van der Waals surface area contributed by atoms with Crippen LogP contribution in [0.25, 0.3) is 0 Å². The highest BCUT2D eigenvalue weighted by Gasteiger charge is 2.53. The number of hydrogen-bond acceptors (Lipinski definition) is 3. The van der Waals surface area contributed by atoms with Crippen LogP contribution in [-0.4, -0.2) is 23.3 Å². The Labute approximate surface area is 179 Å². The van der Waals surface area contributed by atoms with E-state index in [4.69, 9.17) is 18.0 Å². The molecule has 0 heterocycles. The molecule has 2 aliphatic carbocycles. The second kappa shape index (κ2) is 8.05. The fraction of sp³-hybridized carbons (Fsp3) is 0.609. The van der Waals surface area contributed by atoms with Crippen LogP contribution < -0.4 is 16.5 Å². The summed E-state index contributed by atoms with van der Waals surface area (Å²) in [4.78, 5) is 11.6. The van der Waals surface area contributed by atoms with E-state index >= 15 is 0 Å². The number of carbonyl (C=O) groups excluding carboxylic acids is 1. The summed E-state index contributed by atoms with van der Waals surface area (Å²) in [6.07, 6.45) is 4.25. The molecule has 0 radical (unpaired) electrons. The minimum absolute atomic E-state index is 0.0110. The number of carbonyl (C=O) groups is 1. The quantitative estimate of drug-likeness (QED) is 0.515. The van der Waals surface area contributed by atoms with E-state index in [0.29, 0.717) is 18.4 Å². The first-order chi connectivity index (χ1) is 13.6. The van der Waals surface area contributed by atoms with E-state index in [1.807, 2.05) is 0 Å². The Hall–Kier alpha value is -1.95. The van der Waals surface area contributed by atoms with Crippen LogP contribution in [0.4, 0.5) is 0 Å². The molecule has 1 amide bonds. The van der Waals surface area contributed by atoms with Gasteiger partial charge in [-0.15, -0.1) is 0 Å². The first-order valence-electron chi connectivity index (χ1n) is 10.6. The van der Waals surface area contributed by atoms with Gasteiger partial charge in [-0.25, -0.2) is 0 Å². The molecule has 0 aromatic heterocycles. The van der Waals surface area contributed by atoms with Crippen LogP contribution >= 0.6 is 12.2 Å². The highest BCUT2D eigenvalue weighted by atomic mass is 32.1. The van der Waals surface area contributed by atoms with Crippen LogP contribution in [0.1, 0.15) is 82.9 Å². The van der Waals surface area contributed by atoms with Gasteiger partial charge in [0.2, 0.25) is 5.91 Å². The first-order valence-corrected chi connectivity index (χ1v) is 11.0. The molecule has 0 unspecified atom stereocenters. The Balaban J connectivity index is 2.11. The fourth-order valence-electron chi connectivity index (χ4n) is 5.50. The summed E-state index contributed by atoms with van der Waals surface area (Å²) in [5, 5.41) is 7.88. The Bertz CT molecular complexity index is 849. The van der Waals surface area contributed by atoms with Crippen molar-refractivity contribution in [1.82, 2.24) is 10.7 Å². The monoisotopic (exact) mass is 414 g/mol. The van der Waals surface area contributed by atoms with E-state index in [0.717, 1.165) is 31.4 Å². The molecule has 3 rings (SSSR count). The summed E-state index contributed by atoms with van der Waals surface area (Å²) in [5.74, 6) is 0.854. The summed E-state index contributed by atoms with van der Waals surface area (Å²) in [6, 6.07) is 6.86. The van der Waals surface area contributed by atoms with E-state index < -0.39 is 0 Å². The molecule has 0 aliphatic heterocycles. The number of hydrogen-bond donors (Lipinski definition) is 3. The number of nitrogens with one attached hydrogen (secondary N) is 2. The lowest BCUT2D eigenvalue weighted by Crippen LogP contribution is -2.54. The van der Waals surface area contributed by atoms with Gasteiger partial charge >= 0.3 is 0 Å². The number of benzene rings is 1. The van der Waals surface area contributed by atoms with E-state index in [-0.39, 0.29) is 21.8 Å². The van der Waals surface area contributed by atoms with Crippen molar-refractivity contribution in [2.45, 2.75) is 71.6 Å². The van der Waals surface area contributed by atoms with Crippen molar-refractivity contribution in [2.24, 2.45) is 22.2 Å². The minimum Gasteiger partial charge on any atom is -0.375 e. The van der Waals surface area contributed by atoms with E-state index in [2.05, 4.69) is 61.7 Å². The van der Waals surface area contributed by atoms with Gasteiger partial charge in [0.25, 0.3) is 0 Å². The van der Waals surface area contributed by atoms with E-state index in [1.165, 1.54) is 16.7 Å². The molecule has 5 nitrogen and oxygen atoms in total. The maximum atomic E-state index is 11.6. The Morgan fingerprint density at radius 2 is 2.07 bits per heavy atom. The van der Waals surface area contributed by atoms with Crippen LogP contribution in [0.2, 0.25) is 0 Å². The van der Waals surface area contributed by atoms with Gasteiger partial charge < -0.3 is 11.1 Å². The molecule has 29 heavy (non-hydrogen) atoms. The summed E-state index contributed by atoms with van der Waals surface area (Å²) >= 11 is 4.99. The molecular weight excluding hydrogens is 380 g/mol. The maximum absolute atomic E-state index is 11.6. The average molecular weight is 415 g/mol. The molecule has 1 fully saturated rings. The lowest BCUT2D eigenvalue weighted by Gasteiger charge is -2.55. The van der Waals surface area contributed by atoms with Crippen molar-refractivity contribution >= 4 is 28.9 Å². The lowest BCUT2D eigenvalue weighted by molar-refractivity contribution is -0.120. The van der Waals surface area contributed by atoms with Crippen molar-refractivity contribution in [3.8, 4) is 0 Å². The van der Waals surface area contributed by atoms with Gasteiger partial charge in [0, 0.05) is 19.0 Å². The smallest absolute Gasteiger partial charge is 0.216 e. The SMILES string of the molecule is CC(=O)NC[C@]1(C)CCC[C@]2(C)c3ccc(C(C)C)cc3/C(=N\NC(N)=S)C[C@@H]12. The molecule has 6 heteroatoms. The molecule has 4 N–H and O–H groups in total. The predicted octanol–water partition coefficient (Wildman–Crippen LogP) is 3.95. The predicted molar refractivity (Wildman–Crippen MR) is 123 cm³/mol. The molecule has 1 saturated carbocycles. The average Bonchev–Trinajstić information content (AvgIpc) is 2.65. The summed E-state index contributed by atoms with van der Waals surface area (Å²) in [5.41, 5.74) is 13.4. The molecule has 0 saturated heterocycles. The highest BCUT2D eigenvalue weighted by molar-refractivity contribution is 7.80. The zero-order valence-corrected chi connectivity index (χ0v) is 19.1. The second-order valence-corrected chi connectivity index (χ2v) is 10.0. The van der Waals surface area contributed by atoms with E-state index in [1.54, 1.807) is 6.92 Å². The van der Waals surface area contributed by atoms with Crippen LogP contribution in [0.3, 0.4) is 0 Å². The number of thiocarbonyl (C=S) groups is 1. The molecule has 3 atom stereocenters. The molecule has 0 bridgehead atoms. The molecule has 2 aliphatic rings. The number of hydrazone groups is 1. The number of amides is 1. The number of nitrogens with two attached hydrogens (primary N) is 1. The van der Waals surface area contributed by atoms with Crippen molar-refractivity contribution < 1.29 is 4.79 Å². The molecule has 0 spiro atoms. The van der Waals surface area contributed by atoms with Gasteiger partial charge in [-0.3, -0.25) is 10.2 Å². The summed E-state index contributed by atoms with van der Waals surface area (Å²) < 4.78 is 0. The normalized spacial score (nSPS) is 29.9. The molecule has 1 aromatic carbocycles. The van der Waals surface area contributed by atoms with Gasteiger partial charge in [0.1, 0.15) is 0 Å². The summed E-state index contributed by atoms with van der Waals surface area (Å²) in [6.45, 7) is 11.4. The van der Waals surface area contributed by atoms with E-state index in [9.17, 15) is 4.79 Å². The maximum Gasteiger partial charge on any atom is 0.216 e. The van der Waals surface area contributed by atoms with Gasteiger partial charge in [-0.2, -0.15) is 5.10 Å². The third-order valence-electron chi connectivity index (χ3n) is 7.13. The Kier molecular flexibility index (Phi) is 6.04. The van der Waals surface area contributed by atoms with Crippen LogP contribution in [0.15, 0.2) is 23.3 Å². The second-order valence-electron chi connectivity index (χ2n) is 9.59. The van der Waals surface area contributed by atoms with Crippen molar-refractivity contribution in [2.75, 3.05) is 6.54 Å². The van der Waals surface area contributed by atoms with Crippen LogP contribution in [0.5, 0.6) is 0 Å². The highest BCUT2D eigenvalue weighted by Crippen LogP contribution is 2.57. The lowest BCUT2D eigenvalue weighted by atomic mass is 9.49. The number of nitrogens with zero attached hydrogens (tertiary/aromatic N) is 1. The Morgan fingerprint density at radius 1 is 1.34 bits per heavy atom. The van der Waals surface area contributed by atoms with Crippen molar-refractivity contribution in [3.05, 3.63) is 34.9 Å². The first kappa shape index (κ1) is 21.8. The topological polar surface area (TPSA) is 79.5 Å². The molecule has 158 valence electrons.